The van der Waals surface area contributed by atoms with E-state index in [1.54, 1.807) is 23.1 Å². The predicted molar refractivity (Wildman–Crippen MR) is 132 cm³/mol. The number of nitrogens with zero attached hydrogens (tertiary/aromatic N) is 3. The highest BCUT2D eigenvalue weighted by atomic mass is 16.5. The molecule has 0 saturated heterocycles. The van der Waals surface area contributed by atoms with Crippen LogP contribution in [0.15, 0.2) is 36.5 Å². The summed E-state index contributed by atoms with van der Waals surface area (Å²) < 4.78 is 10.7. The van der Waals surface area contributed by atoms with Crippen LogP contribution in [0.1, 0.15) is 36.7 Å². The molecular formula is C25H26N6O4. The first-order chi connectivity index (χ1) is 16.8. The second kappa shape index (κ2) is 8.15. The van der Waals surface area contributed by atoms with Crippen LogP contribution in [0, 0.1) is 0 Å². The molecule has 4 aromatic rings. The van der Waals surface area contributed by atoms with Crippen molar-refractivity contribution < 1.29 is 19.1 Å². The van der Waals surface area contributed by atoms with Gasteiger partial charge in [-0.2, -0.15) is 5.10 Å². The molecule has 0 spiro atoms. The SMILES string of the molecule is CCN1C(=O)C(C)(C)c2cc3[nH]c(-c4[nH]ncc4NC(=O)c4c(OC)cccc4OC)nc3cc21. The van der Waals surface area contributed by atoms with Crippen molar-refractivity contribution in [3.05, 3.63) is 47.7 Å². The lowest BCUT2D eigenvalue weighted by Gasteiger charge is -2.18. The monoisotopic (exact) mass is 474 g/mol. The van der Waals surface area contributed by atoms with E-state index < -0.39 is 11.3 Å². The molecule has 0 bridgehead atoms. The minimum absolute atomic E-state index is 0.0770. The minimum atomic E-state index is -0.619. The van der Waals surface area contributed by atoms with Crippen LogP contribution in [0.2, 0.25) is 0 Å². The number of carbonyl (C=O) groups excluding carboxylic acids is 2. The molecule has 3 heterocycles. The molecule has 0 radical (unpaired) electrons. The molecule has 5 rings (SSSR count). The first-order valence-electron chi connectivity index (χ1n) is 11.2. The lowest BCUT2D eigenvalue weighted by molar-refractivity contribution is -0.122. The van der Waals surface area contributed by atoms with Crippen LogP contribution in [-0.2, 0) is 10.2 Å². The summed E-state index contributed by atoms with van der Waals surface area (Å²) in [6, 6.07) is 9.03. The van der Waals surface area contributed by atoms with Gasteiger partial charge in [-0.25, -0.2) is 4.98 Å². The van der Waals surface area contributed by atoms with Crippen molar-refractivity contribution in [1.82, 2.24) is 20.2 Å². The summed E-state index contributed by atoms with van der Waals surface area (Å²) >= 11 is 0. The Labute approximate surface area is 201 Å². The Hall–Kier alpha value is -4.34. The van der Waals surface area contributed by atoms with Crippen LogP contribution in [0.3, 0.4) is 0 Å². The number of imidazole rings is 1. The number of likely N-dealkylation sites (N-methyl/N-ethyl adjacent to an activating group) is 1. The molecule has 0 atom stereocenters. The van der Waals surface area contributed by atoms with Gasteiger partial charge in [-0.3, -0.25) is 14.7 Å². The van der Waals surface area contributed by atoms with Crippen molar-refractivity contribution in [3.8, 4) is 23.0 Å². The third kappa shape index (κ3) is 3.40. The quantitative estimate of drug-likeness (QED) is 0.390. The van der Waals surface area contributed by atoms with Gasteiger partial charge in [-0.05, 0) is 50.6 Å². The number of benzene rings is 2. The van der Waals surface area contributed by atoms with Crippen molar-refractivity contribution in [2.24, 2.45) is 0 Å². The van der Waals surface area contributed by atoms with Gasteiger partial charge in [-0.1, -0.05) is 6.07 Å². The lowest BCUT2D eigenvalue weighted by Crippen LogP contribution is -2.35. The fraction of sp³-hybridized carbons (Fsp3) is 0.280. The molecule has 2 aromatic heterocycles. The molecule has 2 aromatic carbocycles. The largest absolute Gasteiger partial charge is 0.496 e. The maximum atomic E-state index is 13.2. The average molecular weight is 475 g/mol. The molecule has 1 aliphatic heterocycles. The Balaban J connectivity index is 1.52. The standard InChI is InChI=1S/C25H26N6O4/c1-6-31-17-11-15-14(10-13(17)25(2,3)24(31)33)27-22(28-15)21-16(12-26-30-21)29-23(32)20-18(34-4)8-7-9-19(20)35-5/h7-12H,6H2,1-5H3,(H,26,30)(H,27,28)(H,29,32). The van der Waals surface area contributed by atoms with E-state index in [0.29, 0.717) is 40.8 Å². The molecule has 180 valence electrons. The molecule has 10 nitrogen and oxygen atoms in total. The van der Waals surface area contributed by atoms with E-state index in [2.05, 4.69) is 20.5 Å². The van der Waals surface area contributed by atoms with Gasteiger partial charge in [0.25, 0.3) is 5.91 Å². The van der Waals surface area contributed by atoms with Crippen LogP contribution in [0.25, 0.3) is 22.6 Å². The lowest BCUT2D eigenvalue weighted by atomic mass is 9.86. The molecule has 1 aliphatic rings. The fourth-order valence-electron chi connectivity index (χ4n) is 4.59. The highest BCUT2D eigenvalue weighted by Crippen LogP contribution is 2.43. The average Bonchev–Trinajstić information content (AvgIpc) is 3.53. The summed E-state index contributed by atoms with van der Waals surface area (Å²) in [5, 5.41) is 9.89. The maximum absolute atomic E-state index is 13.2. The number of nitrogens with one attached hydrogen (secondary N) is 3. The number of methoxy groups -OCH3 is 2. The molecular weight excluding hydrogens is 448 g/mol. The van der Waals surface area contributed by atoms with Crippen LogP contribution in [0.5, 0.6) is 11.5 Å². The van der Waals surface area contributed by atoms with Crippen LogP contribution in [-0.4, -0.2) is 52.7 Å². The summed E-state index contributed by atoms with van der Waals surface area (Å²) in [6.07, 6.45) is 1.52. The second-order valence-electron chi connectivity index (χ2n) is 8.80. The number of H-pyrrole nitrogens is 2. The number of rotatable bonds is 6. The number of anilines is 2. The Morgan fingerprint density at radius 3 is 2.54 bits per heavy atom. The Kier molecular flexibility index (Phi) is 5.23. The van der Waals surface area contributed by atoms with Gasteiger partial charge in [0.2, 0.25) is 5.91 Å². The topological polar surface area (TPSA) is 125 Å². The van der Waals surface area contributed by atoms with E-state index in [1.807, 2.05) is 32.9 Å². The van der Waals surface area contributed by atoms with Crippen LogP contribution < -0.4 is 19.7 Å². The van der Waals surface area contributed by atoms with Crippen LogP contribution >= 0.6 is 0 Å². The van der Waals surface area contributed by atoms with Crippen molar-refractivity contribution >= 4 is 34.2 Å². The second-order valence-corrected chi connectivity index (χ2v) is 8.80. The zero-order valence-electron chi connectivity index (χ0n) is 20.1. The van der Waals surface area contributed by atoms with Gasteiger partial charge in [0, 0.05) is 6.54 Å². The highest BCUT2D eigenvalue weighted by Gasteiger charge is 2.43. The molecule has 0 saturated carbocycles. The first kappa shape index (κ1) is 22.5. The van der Waals surface area contributed by atoms with Gasteiger partial charge < -0.3 is 24.7 Å². The zero-order valence-corrected chi connectivity index (χ0v) is 20.1. The summed E-state index contributed by atoms with van der Waals surface area (Å²) in [6.45, 7) is 6.41. The zero-order chi connectivity index (χ0) is 24.9. The number of hydrogen-bond acceptors (Lipinski definition) is 6. The molecule has 35 heavy (non-hydrogen) atoms. The number of aromatic nitrogens is 4. The Morgan fingerprint density at radius 2 is 1.89 bits per heavy atom. The molecule has 10 heteroatoms. The predicted octanol–water partition coefficient (Wildman–Crippen LogP) is 3.87. The number of aromatic amines is 2. The number of hydrogen-bond donors (Lipinski definition) is 3. The number of ether oxygens (including phenoxy) is 2. The number of amides is 2. The van der Waals surface area contributed by atoms with E-state index in [0.717, 1.165) is 16.8 Å². The molecule has 3 N–H and O–H groups in total. The van der Waals surface area contributed by atoms with Gasteiger partial charge in [0.05, 0.1) is 48.2 Å². The van der Waals surface area contributed by atoms with Crippen LogP contribution in [0.4, 0.5) is 11.4 Å². The van der Waals surface area contributed by atoms with Crippen molar-refractivity contribution in [3.63, 3.8) is 0 Å². The van der Waals surface area contributed by atoms with E-state index in [-0.39, 0.29) is 11.5 Å². The van der Waals surface area contributed by atoms with Crippen molar-refractivity contribution in [2.45, 2.75) is 26.2 Å². The molecule has 0 unspecified atom stereocenters. The van der Waals surface area contributed by atoms with E-state index >= 15 is 0 Å². The smallest absolute Gasteiger partial charge is 0.263 e. The summed E-state index contributed by atoms with van der Waals surface area (Å²) in [5.74, 6) is 0.963. The number of carbonyl (C=O) groups is 2. The summed E-state index contributed by atoms with van der Waals surface area (Å²) in [7, 11) is 2.99. The fourth-order valence-corrected chi connectivity index (χ4v) is 4.59. The van der Waals surface area contributed by atoms with Gasteiger partial charge in [0.1, 0.15) is 22.8 Å². The normalized spacial score (nSPS) is 14.3. The van der Waals surface area contributed by atoms with E-state index in [4.69, 9.17) is 14.5 Å². The Morgan fingerprint density at radius 1 is 1.17 bits per heavy atom. The van der Waals surface area contributed by atoms with E-state index in [1.165, 1.54) is 20.4 Å². The van der Waals surface area contributed by atoms with Gasteiger partial charge in [-0.15, -0.1) is 0 Å². The van der Waals surface area contributed by atoms with E-state index in [9.17, 15) is 9.59 Å². The first-order valence-corrected chi connectivity index (χ1v) is 11.2. The van der Waals surface area contributed by atoms with Gasteiger partial charge >= 0.3 is 0 Å². The van der Waals surface area contributed by atoms with Crippen molar-refractivity contribution in [1.29, 1.82) is 0 Å². The van der Waals surface area contributed by atoms with Gasteiger partial charge in [0.15, 0.2) is 5.82 Å². The number of fused-ring (bicyclic) bond motifs is 2. The maximum Gasteiger partial charge on any atom is 0.263 e. The molecule has 2 amide bonds. The third-order valence-corrected chi connectivity index (χ3v) is 6.44. The minimum Gasteiger partial charge on any atom is -0.496 e. The molecule has 0 fully saturated rings. The Bertz CT molecular complexity index is 1450. The van der Waals surface area contributed by atoms with Crippen molar-refractivity contribution in [2.75, 3.05) is 31.0 Å². The highest BCUT2D eigenvalue weighted by molar-refractivity contribution is 6.10. The summed E-state index contributed by atoms with van der Waals surface area (Å²) in [5.41, 5.74) is 3.94. The molecule has 0 aliphatic carbocycles. The third-order valence-electron chi connectivity index (χ3n) is 6.44. The summed E-state index contributed by atoms with van der Waals surface area (Å²) in [4.78, 5) is 35.8.